The highest BCUT2D eigenvalue weighted by Gasteiger charge is 2.22. The van der Waals surface area contributed by atoms with Gasteiger partial charge in [-0.1, -0.05) is 30.0 Å². The predicted octanol–water partition coefficient (Wildman–Crippen LogP) is 2.07. The van der Waals surface area contributed by atoms with E-state index in [9.17, 15) is 17.6 Å². The molecule has 1 amide bonds. The monoisotopic (exact) mass is 485 g/mol. The molecule has 0 unspecified atom stereocenters. The van der Waals surface area contributed by atoms with Crippen LogP contribution in [0.15, 0.2) is 29.4 Å². The number of thioether (sulfide) groups is 1. The first-order chi connectivity index (χ1) is 14.7. The number of nitrogens with one attached hydrogen (secondary N) is 1. The Bertz CT molecular complexity index is 1160. The fourth-order valence-corrected chi connectivity index (χ4v) is 4.76. The molecule has 3 rings (SSSR count). The number of hydrogen-bond donors (Lipinski definition) is 1. The largest absolute Gasteiger partial charge is 0.308 e. The number of carbonyl (C=O) groups is 1. The molecule has 3 aromatic rings. The fraction of sp³-hybridized carbons (Fsp3) is 0.353. The van der Waals surface area contributed by atoms with E-state index in [4.69, 9.17) is 0 Å². The zero-order chi connectivity index (χ0) is 22.6. The van der Waals surface area contributed by atoms with E-state index in [2.05, 4.69) is 25.7 Å². The van der Waals surface area contributed by atoms with Crippen molar-refractivity contribution < 1.29 is 17.6 Å². The Balaban J connectivity index is 1.67. The van der Waals surface area contributed by atoms with Gasteiger partial charge < -0.3 is 4.57 Å². The number of hydrogen-bond acceptors (Lipinski definition) is 9. The van der Waals surface area contributed by atoms with Crippen molar-refractivity contribution in [2.24, 2.45) is 7.05 Å². The van der Waals surface area contributed by atoms with Crippen molar-refractivity contribution in [2.45, 2.75) is 25.0 Å². The van der Waals surface area contributed by atoms with Crippen LogP contribution in [-0.4, -0.2) is 51.3 Å². The summed E-state index contributed by atoms with van der Waals surface area (Å²) in [7, 11) is -1.97. The summed E-state index contributed by atoms with van der Waals surface area (Å²) in [6.45, 7) is 1.86. The van der Waals surface area contributed by atoms with E-state index in [1.807, 2.05) is 6.92 Å². The number of aromatic nitrogens is 5. The lowest BCUT2D eigenvalue weighted by Crippen LogP contribution is -2.30. The summed E-state index contributed by atoms with van der Waals surface area (Å²) < 4.78 is 40.4. The van der Waals surface area contributed by atoms with Gasteiger partial charge in [-0.05, 0) is 30.7 Å². The number of nitrogens with zero attached hydrogens (tertiary/aromatic N) is 6. The summed E-state index contributed by atoms with van der Waals surface area (Å²) in [5.74, 6) is -0.292. The molecule has 0 aliphatic rings. The summed E-state index contributed by atoms with van der Waals surface area (Å²) in [6, 6.07) is 5.13. The number of halogens is 1. The van der Waals surface area contributed by atoms with Gasteiger partial charge in [-0.3, -0.25) is 14.4 Å². The van der Waals surface area contributed by atoms with Crippen molar-refractivity contribution in [3.8, 4) is 0 Å². The third kappa shape index (κ3) is 5.98. The first kappa shape index (κ1) is 23.1. The van der Waals surface area contributed by atoms with Gasteiger partial charge in [0.2, 0.25) is 21.1 Å². The molecule has 0 saturated heterocycles. The third-order valence-corrected chi connectivity index (χ3v) is 7.22. The Hall–Kier alpha value is -2.58. The predicted molar refractivity (Wildman–Crippen MR) is 117 cm³/mol. The molecule has 0 aliphatic carbocycles. The highest BCUT2D eigenvalue weighted by Crippen LogP contribution is 2.23. The molecular formula is C17H20FN7O3S3. The normalized spacial score (nSPS) is 11.5. The fourth-order valence-electron chi connectivity index (χ4n) is 2.48. The number of benzene rings is 1. The number of sulfonamides is 1. The average Bonchev–Trinajstić information content (AvgIpc) is 3.31. The zero-order valence-corrected chi connectivity index (χ0v) is 19.4. The van der Waals surface area contributed by atoms with E-state index in [0.717, 1.165) is 33.8 Å². The van der Waals surface area contributed by atoms with Crippen LogP contribution in [-0.2, 0) is 34.8 Å². The number of amides is 1. The van der Waals surface area contributed by atoms with Crippen molar-refractivity contribution in [3.63, 3.8) is 0 Å². The van der Waals surface area contributed by atoms with Crippen LogP contribution in [0.5, 0.6) is 0 Å². The van der Waals surface area contributed by atoms with Crippen LogP contribution in [0.3, 0.4) is 0 Å². The topological polar surface area (TPSA) is 123 Å². The average molecular weight is 486 g/mol. The van der Waals surface area contributed by atoms with Crippen molar-refractivity contribution in [1.82, 2.24) is 25.0 Å². The van der Waals surface area contributed by atoms with Gasteiger partial charge in [-0.25, -0.2) is 12.8 Å². The van der Waals surface area contributed by atoms with Crippen LogP contribution in [0.4, 0.5) is 15.2 Å². The highest BCUT2D eigenvalue weighted by atomic mass is 32.2. The van der Waals surface area contributed by atoms with Crippen LogP contribution < -0.4 is 9.62 Å². The van der Waals surface area contributed by atoms with Crippen molar-refractivity contribution in [2.75, 3.05) is 21.6 Å². The van der Waals surface area contributed by atoms with Gasteiger partial charge in [0.1, 0.15) is 10.8 Å². The second-order valence-electron chi connectivity index (χ2n) is 6.40. The molecule has 31 heavy (non-hydrogen) atoms. The van der Waals surface area contributed by atoms with Crippen LogP contribution in [0.1, 0.15) is 17.8 Å². The van der Waals surface area contributed by atoms with Crippen LogP contribution in [0.2, 0.25) is 0 Å². The number of anilines is 2. The SMILES string of the molecule is CCc1nnc(NC(=O)CSc2nnc(CN(c3ccc(F)cc3)S(C)(=O)=O)n2C)s1. The molecule has 0 aliphatic heterocycles. The molecule has 0 spiro atoms. The second kappa shape index (κ2) is 9.70. The Morgan fingerprint density at radius 3 is 2.55 bits per heavy atom. The van der Waals surface area contributed by atoms with Crippen LogP contribution >= 0.6 is 23.1 Å². The first-order valence-electron chi connectivity index (χ1n) is 9.04. The summed E-state index contributed by atoms with van der Waals surface area (Å²) in [5, 5.41) is 20.3. The lowest BCUT2D eigenvalue weighted by molar-refractivity contribution is -0.113. The molecule has 0 saturated carbocycles. The Labute approximate surface area is 186 Å². The highest BCUT2D eigenvalue weighted by molar-refractivity contribution is 7.99. The van der Waals surface area contributed by atoms with Crippen molar-refractivity contribution in [3.05, 3.63) is 40.9 Å². The quantitative estimate of drug-likeness (QED) is 0.457. The summed E-state index contributed by atoms with van der Waals surface area (Å²) in [5.41, 5.74) is 0.309. The van der Waals surface area contributed by atoms with E-state index >= 15 is 0 Å². The maximum atomic E-state index is 13.2. The minimum absolute atomic E-state index is 0.0702. The van der Waals surface area contributed by atoms with Gasteiger partial charge in [0.15, 0.2) is 11.0 Å². The molecule has 0 atom stereocenters. The Kier molecular flexibility index (Phi) is 7.23. The van der Waals surface area contributed by atoms with E-state index in [-0.39, 0.29) is 18.2 Å². The van der Waals surface area contributed by atoms with E-state index < -0.39 is 15.8 Å². The summed E-state index contributed by atoms with van der Waals surface area (Å²) >= 11 is 2.47. The molecule has 1 aromatic carbocycles. The van der Waals surface area contributed by atoms with Crippen molar-refractivity contribution >= 4 is 49.8 Å². The standard InChI is InChI=1S/C17H20FN7O3S3/c1-4-15-21-22-16(30-15)19-14(26)10-29-17-23-20-13(24(17)2)9-25(31(3,27)28)12-7-5-11(18)6-8-12/h5-8H,4,9-10H2,1-3H3,(H,19,22,26). The lowest BCUT2D eigenvalue weighted by atomic mass is 10.3. The molecule has 2 heterocycles. The minimum atomic E-state index is -3.65. The maximum Gasteiger partial charge on any atom is 0.236 e. The molecule has 166 valence electrons. The van der Waals surface area contributed by atoms with Gasteiger partial charge in [-0.2, -0.15) is 0 Å². The van der Waals surface area contributed by atoms with Gasteiger partial charge in [0, 0.05) is 7.05 Å². The van der Waals surface area contributed by atoms with Crippen molar-refractivity contribution in [1.29, 1.82) is 0 Å². The van der Waals surface area contributed by atoms with Gasteiger partial charge in [0.05, 0.1) is 24.2 Å². The summed E-state index contributed by atoms with van der Waals surface area (Å²) in [6.07, 6.45) is 1.80. The zero-order valence-electron chi connectivity index (χ0n) is 16.9. The first-order valence-corrected chi connectivity index (χ1v) is 12.7. The Morgan fingerprint density at radius 2 is 1.94 bits per heavy atom. The molecule has 0 radical (unpaired) electrons. The molecule has 2 aromatic heterocycles. The lowest BCUT2D eigenvalue weighted by Gasteiger charge is -2.21. The number of rotatable bonds is 9. The smallest absolute Gasteiger partial charge is 0.236 e. The van der Waals surface area contributed by atoms with Crippen LogP contribution in [0.25, 0.3) is 0 Å². The van der Waals surface area contributed by atoms with E-state index in [0.29, 0.717) is 21.8 Å². The van der Waals surface area contributed by atoms with E-state index in [1.165, 1.54) is 35.6 Å². The minimum Gasteiger partial charge on any atom is -0.308 e. The molecule has 10 nitrogen and oxygen atoms in total. The molecule has 14 heteroatoms. The molecule has 0 bridgehead atoms. The Morgan fingerprint density at radius 1 is 1.23 bits per heavy atom. The second-order valence-corrected chi connectivity index (χ2v) is 10.3. The summed E-state index contributed by atoms with van der Waals surface area (Å²) in [4.78, 5) is 12.2. The molecule has 1 N–H and O–H groups in total. The number of carbonyl (C=O) groups excluding carboxylic acids is 1. The number of aryl methyl sites for hydroxylation is 1. The van der Waals surface area contributed by atoms with Crippen LogP contribution in [0, 0.1) is 5.82 Å². The molecular weight excluding hydrogens is 465 g/mol. The van der Waals surface area contributed by atoms with Gasteiger partial charge >= 0.3 is 0 Å². The van der Waals surface area contributed by atoms with E-state index in [1.54, 1.807) is 11.6 Å². The maximum absolute atomic E-state index is 13.2. The van der Waals surface area contributed by atoms with Gasteiger partial charge in [0.25, 0.3) is 0 Å². The van der Waals surface area contributed by atoms with Gasteiger partial charge in [-0.15, -0.1) is 20.4 Å². The third-order valence-electron chi connectivity index (χ3n) is 4.07. The molecule has 0 fully saturated rings.